The van der Waals surface area contributed by atoms with E-state index in [1.54, 1.807) is 12.1 Å². The van der Waals surface area contributed by atoms with Crippen molar-refractivity contribution in [3.8, 4) is 5.75 Å². The highest BCUT2D eigenvalue weighted by Gasteiger charge is 2.21. The molecule has 156 valence electrons. The minimum Gasteiger partial charge on any atom is -0.484 e. The maximum absolute atomic E-state index is 12.2. The van der Waals surface area contributed by atoms with Gasteiger partial charge in [-0.1, -0.05) is 61.8 Å². The van der Waals surface area contributed by atoms with Crippen LogP contribution in [-0.2, 0) is 9.59 Å². The molecular formula is C22H28ClN3O3. The Morgan fingerprint density at radius 2 is 1.62 bits per heavy atom. The Bertz CT molecular complexity index is 782. The molecule has 2 amide bonds. The molecule has 2 rings (SSSR count). The largest absolute Gasteiger partial charge is 0.484 e. The quantitative estimate of drug-likeness (QED) is 0.589. The van der Waals surface area contributed by atoms with Crippen LogP contribution < -0.4 is 15.4 Å². The van der Waals surface area contributed by atoms with Crippen molar-refractivity contribution >= 4 is 23.4 Å². The molecule has 0 aliphatic rings. The average Bonchev–Trinajstić information content (AvgIpc) is 2.75. The molecule has 2 aromatic rings. The number of hydrogen-bond acceptors (Lipinski definition) is 4. The van der Waals surface area contributed by atoms with Crippen LogP contribution in [0, 0.1) is 0 Å². The number of nitrogens with zero attached hydrogens (tertiary/aromatic N) is 1. The van der Waals surface area contributed by atoms with Crippen LogP contribution in [0.15, 0.2) is 54.6 Å². The lowest BCUT2D eigenvalue weighted by Crippen LogP contribution is -2.43. The summed E-state index contributed by atoms with van der Waals surface area (Å²) in [5.41, 5.74) is 0.971. The van der Waals surface area contributed by atoms with Gasteiger partial charge in [0, 0.05) is 11.6 Å². The molecule has 7 heteroatoms. The zero-order valence-corrected chi connectivity index (χ0v) is 17.6. The van der Waals surface area contributed by atoms with E-state index >= 15 is 0 Å². The first-order chi connectivity index (χ1) is 14.0. The van der Waals surface area contributed by atoms with Crippen molar-refractivity contribution in [2.45, 2.75) is 19.9 Å². The van der Waals surface area contributed by atoms with Crippen LogP contribution in [0.25, 0.3) is 0 Å². The molecule has 0 aliphatic heterocycles. The van der Waals surface area contributed by atoms with E-state index in [2.05, 4.69) is 29.4 Å². The predicted octanol–water partition coefficient (Wildman–Crippen LogP) is 3.03. The Hall–Kier alpha value is -2.57. The molecular weight excluding hydrogens is 390 g/mol. The number of nitrogens with one attached hydrogen (secondary N) is 2. The van der Waals surface area contributed by atoms with E-state index in [1.807, 2.05) is 42.5 Å². The van der Waals surface area contributed by atoms with Gasteiger partial charge in [0.2, 0.25) is 5.91 Å². The Kier molecular flexibility index (Phi) is 9.47. The third-order valence-corrected chi connectivity index (χ3v) is 4.91. The third kappa shape index (κ3) is 7.40. The molecule has 1 atom stereocenters. The van der Waals surface area contributed by atoms with Gasteiger partial charge in [0.25, 0.3) is 5.91 Å². The van der Waals surface area contributed by atoms with Crippen molar-refractivity contribution < 1.29 is 14.3 Å². The van der Waals surface area contributed by atoms with Gasteiger partial charge in [0.15, 0.2) is 6.61 Å². The van der Waals surface area contributed by atoms with Gasteiger partial charge >= 0.3 is 0 Å². The molecule has 0 saturated carbocycles. The van der Waals surface area contributed by atoms with Gasteiger partial charge in [0.1, 0.15) is 5.75 Å². The summed E-state index contributed by atoms with van der Waals surface area (Å²) in [7, 11) is 0. The number of amides is 2. The zero-order chi connectivity index (χ0) is 21.1. The summed E-state index contributed by atoms with van der Waals surface area (Å²) in [6.45, 7) is 5.96. The van der Waals surface area contributed by atoms with Crippen LogP contribution in [0.3, 0.4) is 0 Å². The second-order valence-corrected chi connectivity index (χ2v) is 6.85. The fourth-order valence-electron chi connectivity index (χ4n) is 3.01. The maximum atomic E-state index is 12.2. The summed E-state index contributed by atoms with van der Waals surface area (Å²) < 4.78 is 5.36. The Morgan fingerprint density at radius 1 is 0.966 bits per heavy atom. The monoisotopic (exact) mass is 417 g/mol. The number of carbonyl (C=O) groups is 2. The van der Waals surface area contributed by atoms with E-state index in [-0.39, 0.29) is 31.0 Å². The molecule has 0 fully saturated rings. The van der Waals surface area contributed by atoms with Crippen molar-refractivity contribution in [2.75, 3.05) is 32.8 Å². The van der Waals surface area contributed by atoms with E-state index in [0.29, 0.717) is 17.3 Å². The molecule has 0 aromatic heterocycles. The fourth-order valence-corrected chi connectivity index (χ4v) is 3.28. The summed E-state index contributed by atoms with van der Waals surface area (Å²) in [6.07, 6.45) is 0. The summed E-state index contributed by atoms with van der Waals surface area (Å²) in [4.78, 5) is 26.3. The lowest BCUT2D eigenvalue weighted by molar-refractivity contribution is -0.127. The number of para-hydroxylation sites is 1. The maximum Gasteiger partial charge on any atom is 0.258 e. The third-order valence-electron chi connectivity index (χ3n) is 4.57. The highest BCUT2D eigenvalue weighted by atomic mass is 35.5. The molecule has 0 aliphatic carbocycles. The summed E-state index contributed by atoms with van der Waals surface area (Å²) in [5.74, 6) is -0.00780. The number of hydrogen-bond donors (Lipinski definition) is 2. The van der Waals surface area contributed by atoms with Crippen molar-refractivity contribution in [1.82, 2.24) is 15.5 Å². The van der Waals surface area contributed by atoms with Crippen molar-refractivity contribution in [3.63, 3.8) is 0 Å². The van der Waals surface area contributed by atoms with Crippen LogP contribution >= 0.6 is 11.6 Å². The van der Waals surface area contributed by atoms with E-state index in [1.165, 1.54) is 0 Å². The molecule has 29 heavy (non-hydrogen) atoms. The first kappa shape index (κ1) is 22.7. The molecule has 0 heterocycles. The Labute approximate surface area is 177 Å². The number of halogens is 1. The lowest BCUT2D eigenvalue weighted by atomic mass is 10.0. The standard InChI is InChI=1S/C22H28ClN3O3/c1-3-26(4-2)20(18-12-8-9-13-19(18)23)14-24-21(27)15-25-22(28)16-29-17-10-6-5-7-11-17/h5-13,20H,3-4,14-16H2,1-2H3,(H,24,27)(H,25,28). The summed E-state index contributed by atoms with van der Waals surface area (Å²) >= 11 is 6.37. The second-order valence-electron chi connectivity index (χ2n) is 6.44. The number of carbonyl (C=O) groups excluding carboxylic acids is 2. The fraction of sp³-hybridized carbons (Fsp3) is 0.364. The first-order valence-electron chi connectivity index (χ1n) is 9.74. The van der Waals surface area contributed by atoms with E-state index < -0.39 is 0 Å². The van der Waals surface area contributed by atoms with Crippen LogP contribution in [0.5, 0.6) is 5.75 Å². The average molecular weight is 418 g/mol. The molecule has 1 unspecified atom stereocenters. The van der Waals surface area contributed by atoms with Gasteiger partial charge in [0.05, 0.1) is 12.6 Å². The van der Waals surface area contributed by atoms with Gasteiger partial charge in [-0.05, 0) is 36.9 Å². The van der Waals surface area contributed by atoms with Crippen LogP contribution in [0.4, 0.5) is 0 Å². The highest BCUT2D eigenvalue weighted by Crippen LogP contribution is 2.26. The second kappa shape index (κ2) is 12.1. The molecule has 0 saturated heterocycles. The van der Waals surface area contributed by atoms with Crippen molar-refractivity contribution in [1.29, 1.82) is 0 Å². The van der Waals surface area contributed by atoms with Gasteiger partial charge in [-0.2, -0.15) is 0 Å². The summed E-state index contributed by atoms with van der Waals surface area (Å²) in [5, 5.41) is 6.13. The van der Waals surface area contributed by atoms with E-state index in [0.717, 1.165) is 18.7 Å². The molecule has 2 aromatic carbocycles. The van der Waals surface area contributed by atoms with Gasteiger partial charge < -0.3 is 15.4 Å². The Morgan fingerprint density at radius 3 is 2.28 bits per heavy atom. The van der Waals surface area contributed by atoms with Crippen molar-refractivity contribution in [2.24, 2.45) is 0 Å². The molecule has 0 spiro atoms. The van der Waals surface area contributed by atoms with Crippen LogP contribution in [0.1, 0.15) is 25.5 Å². The summed E-state index contributed by atoms with van der Waals surface area (Å²) in [6, 6.07) is 16.7. The smallest absolute Gasteiger partial charge is 0.258 e. The minimum atomic E-state index is -0.351. The molecule has 0 radical (unpaired) electrons. The molecule has 0 bridgehead atoms. The Balaban J connectivity index is 1.83. The minimum absolute atomic E-state index is 0.0419. The highest BCUT2D eigenvalue weighted by molar-refractivity contribution is 6.31. The molecule has 6 nitrogen and oxygen atoms in total. The van der Waals surface area contributed by atoms with Crippen LogP contribution in [-0.4, -0.2) is 49.5 Å². The van der Waals surface area contributed by atoms with Crippen molar-refractivity contribution in [3.05, 3.63) is 65.2 Å². The first-order valence-corrected chi connectivity index (χ1v) is 10.1. The number of ether oxygens (including phenoxy) is 1. The number of benzene rings is 2. The normalized spacial score (nSPS) is 11.7. The van der Waals surface area contributed by atoms with Gasteiger partial charge in [-0.3, -0.25) is 14.5 Å². The SMILES string of the molecule is CCN(CC)C(CNC(=O)CNC(=O)COc1ccccc1)c1ccccc1Cl. The van der Waals surface area contributed by atoms with E-state index in [9.17, 15) is 9.59 Å². The number of likely N-dealkylation sites (N-methyl/N-ethyl adjacent to an activating group) is 1. The number of rotatable bonds is 11. The van der Waals surface area contributed by atoms with E-state index in [4.69, 9.17) is 16.3 Å². The zero-order valence-electron chi connectivity index (χ0n) is 16.9. The van der Waals surface area contributed by atoms with Crippen LogP contribution in [0.2, 0.25) is 5.02 Å². The van der Waals surface area contributed by atoms with Gasteiger partial charge in [-0.15, -0.1) is 0 Å². The topological polar surface area (TPSA) is 70.7 Å². The molecule has 2 N–H and O–H groups in total. The lowest BCUT2D eigenvalue weighted by Gasteiger charge is -2.31. The van der Waals surface area contributed by atoms with Gasteiger partial charge in [-0.25, -0.2) is 0 Å². The predicted molar refractivity (Wildman–Crippen MR) is 115 cm³/mol.